The molecule has 9 heteroatoms. The lowest BCUT2D eigenvalue weighted by atomic mass is 10.3. The second-order valence-electron chi connectivity index (χ2n) is 4.14. The van der Waals surface area contributed by atoms with Crippen molar-refractivity contribution in [3.63, 3.8) is 0 Å². The first-order valence-electron chi connectivity index (χ1n) is 5.50. The Morgan fingerprint density at radius 3 is 2.58 bits per heavy atom. The highest BCUT2D eigenvalue weighted by molar-refractivity contribution is 5.65. The fourth-order valence-electron chi connectivity index (χ4n) is 1.92. The molecule has 0 radical (unpaired) electrons. The number of carboxylic acid groups (broad SMARTS) is 1. The van der Waals surface area contributed by atoms with Gasteiger partial charge in [-0.3, -0.25) is 0 Å². The number of nitrogens with zero attached hydrogens (tertiary/aromatic N) is 3. The number of carbonyl (C=O) groups is 1. The van der Waals surface area contributed by atoms with Crippen LogP contribution in [0.1, 0.15) is 12.2 Å². The lowest BCUT2D eigenvalue weighted by Crippen LogP contribution is -2.36. The maximum absolute atomic E-state index is 12.3. The predicted octanol–water partition coefficient (Wildman–Crippen LogP) is 1.34. The van der Waals surface area contributed by atoms with Crippen molar-refractivity contribution in [2.24, 2.45) is 0 Å². The van der Waals surface area contributed by atoms with Crippen molar-refractivity contribution in [3.8, 4) is 0 Å². The summed E-state index contributed by atoms with van der Waals surface area (Å²) in [5, 5.41) is 10.9. The van der Waals surface area contributed by atoms with Crippen LogP contribution in [-0.2, 0) is 6.18 Å². The van der Waals surface area contributed by atoms with Gasteiger partial charge in [-0.2, -0.15) is 13.2 Å². The van der Waals surface area contributed by atoms with Crippen LogP contribution in [0.3, 0.4) is 0 Å². The van der Waals surface area contributed by atoms with Crippen LogP contribution >= 0.6 is 0 Å². The fourth-order valence-corrected chi connectivity index (χ4v) is 1.92. The molecule has 1 aliphatic heterocycles. The summed E-state index contributed by atoms with van der Waals surface area (Å²) in [7, 11) is 0. The molecule has 2 rings (SSSR count). The highest BCUT2D eigenvalue weighted by atomic mass is 19.4. The van der Waals surface area contributed by atoms with Crippen molar-refractivity contribution in [2.75, 3.05) is 18.0 Å². The Morgan fingerprint density at radius 1 is 1.42 bits per heavy atom. The standard InChI is InChI=1S/C10H11F3N4O2/c11-10(12,13)8-14-3-7(4-15-8)17-2-1-6(5-17)16-9(18)19/h3-4,6,16H,1-2,5H2,(H,18,19)/t6-/m1/s1. The zero-order valence-electron chi connectivity index (χ0n) is 9.68. The minimum atomic E-state index is -4.56. The molecule has 1 aromatic rings. The Bertz CT molecular complexity index is 463. The van der Waals surface area contributed by atoms with E-state index in [1.807, 2.05) is 0 Å². The van der Waals surface area contributed by atoms with E-state index in [0.717, 1.165) is 12.4 Å². The summed E-state index contributed by atoms with van der Waals surface area (Å²) in [6, 6.07) is -0.236. The van der Waals surface area contributed by atoms with Crippen LogP contribution in [0.25, 0.3) is 0 Å². The summed E-state index contributed by atoms with van der Waals surface area (Å²) in [5.41, 5.74) is 0.447. The van der Waals surface area contributed by atoms with Crippen LogP contribution in [0.5, 0.6) is 0 Å². The number of hydrogen-bond acceptors (Lipinski definition) is 4. The number of aromatic nitrogens is 2. The van der Waals surface area contributed by atoms with Gasteiger partial charge in [0.1, 0.15) is 0 Å². The van der Waals surface area contributed by atoms with Gasteiger partial charge in [-0.05, 0) is 6.42 Å². The summed E-state index contributed by atoms with van der Waals surface area (Å²) < 4.78 is 36.9. The van der Waals surface area contributed by atoms with Crippen LogP contribution in [-0.4, -0.2) is 40.3 Å². The quantitative estimate of drug-likeness (QED) is 0.852. The molecule has 1 aromatic heterocycles. The van der Waals surface area contributed by atoms with E-state index in [1.54, 1.807) is 4.90 Å². The van der Waals surface area contributed by atoms with Gasteiger partial charge < -0.3 is 15.3 Å². The van der Waals surface area contributed by atoms with E-state index < -0.39 is 18.1 Å². The third kappa shape index (κ3) is 3.24. The number of amides is 1. The molecule has 6 nitrogen and oxygen atoms in total. The molecule has 1 atom stereocenters. The van der Waals surface area contributed by atoms with Gasteiger partial charge in [-0.1, -0.05) is 0 Å². The number of anilines is 1. The lowest BCUT2D eigenvalue weighted by Gasteiger charge is -2.18. The van der Waals surface area contributed by atoms with E-state index in [4.69, 9.17) is 5.11 Å². The molecule has 0 unspecified atom stereocenters. The van der Waals surface area contributed by atoms with Crippen molar-refractivity contribution in [1.29, 1.82) is 0 Å². The first-order chi connectivity index (χ1) is 8.86. The maximum atomic E-state index is 12.3. The zero-order valence-corrected chi connectivity index (χ0v) is 9.68. The first-order valence-corrected chi connectivity index (χ1v) is 5.50. The number of rotatable bonds is 2. The Kier molecular flexibility index (Phi) is 3.45. The van der Waals surface area contributed by atoms with Crippen LogP contribution in [0.2, 0.25) is 0 Å². The normalized spacial score (nSPS) is 19.5. The van der Waals surface area contributed by atoms with E-state index in [0.29, 0.717) is 25.2 Å². The highest BCUT2D eigenvalue weighted by Gasteiger charge is 2.34. The number of hydrogen-bond donors (Lipinski definition) is 2. The second kappa shape index (κ2) is 4.90. The molecule has 1 saturated heterocycles. The highest BCUT2D eigenvalue weighted by Crippen LogP contribution is 2.27. The Hall–Kier alpha value is -2.06. The number of alkyl halides is 3. The molecule has 1 fully saturated rings. The molecule has 0 aromatic carbocycles. The van der Waals surface area contributed by atoms with E-state index >= 15 is 0 Å². The van der Waals surface area contributed by atoms with Gasteiger partial charge in [0.25, 0.3) is 0 Å². The average Bonchev–Trinajstić information content (AvgIpc) is 2.75. The van der Waals surface area contributed by atoms with E-state index in [9.17, 15) is 18.0 Å². The molecule has 0 saturated carbocycles. The third-order valence-corrected chi connectivity index (χ3v) is 2.77. The van der Waals surface area contributed by atoms with Gasteiger partial charge in [0.05, 0.1) is 24.1 Å². The molecule has 0 bridgehead atoms. The first kappa shape index (κ1) is 13.4. The van der Waals surface area contributed by atoms with Crippen LogP contribution in [0.15, 0.2) is 12.4 Å². The van der Waals surface area contributed by atoms with Gasteiger partial charge >= 0.3 is 12.3 Å². The molecule has 2 heterocycles. The minimum absolute atomic E-state index is 0.236. The van der Waals surface area contributed by atoms with Crippen molar-refractivity contribution in [1.82, 2.24) is 15.3 Å². The van der Waals surface area contributed by atoms with E-state index in [-0.39, 0.29) is 6.04 Å². The number of halogens is 3. The molecule has 1 aliphatic rings. The molecule has 0 spiro atoms. The van der Waals surface area contributed by atoms with Crippen molar-refractivity contribution in [2.45, 2.75) is 18.6 Å². The predicted molar refractivity (Wildman–Crippen MR) is 58.8 cm³/mol. The molecular weight excluding hydrogens is 265 g/mol. The van der Waals surface area contributed by atoms with Gasteiger partial charge in [0.15, 0.2) is 0 Å². The third-order valence-electron chi connectivity index (χ3n) is 2.77. The topological polar surface area (TPSA) is 78.4 Å². The van der Waals surface area contributed by atoms with Crippen molar-refractivity contribution < 1.29 is 23.1 Å². The van der Waals surface area contributed by atoms with Crippen molar-refractivity contribution >= 4 is 11.8 Å². The summed E-state index contributed by atoms with van der Waals surface area (Å²) in [6.07, 6.45) is -2.89. The summed E-state index contributed by atoms with van der Waals surface area (Å²) in [6.45, 7) is 0.931. The zero-order chi connectivity index (χ0) is 14.0. The van der Waals surface area contributed by atoms with E-state index in [2.05, 4.69) is 15.3 Å². The molecule has 1 amide bonds. The summed E-state index contributed by atoms with van der Waals surface area (Å²) >= 11 is 0. The average molecular weight is 276 g/mol. The minimum Gasteiger partial charge on any atom is -0.465 e. The van der Waals surface area contributed by atoms with Gasteiger partial charge in [-0.25, -0.2) is 14.8 Å². The molecule has 0 aliphatic carbocycles. The fraction of sp³-hybridized carbons (Fsp3) is 0.500. The largest absolute Gasteiger partial charge is 0.465 e. The second-order valence-corrected chi connectivity index (χ2v) is 4.14. The monoisotopic (exact) mass is 276 g/mol. The molecular formula is C10H11F3N4O2. The lowest BCUT2D eigenvalue weighted by molar-refractivity contribution is -0.144. The number of nitrogens with one attached hydrogen (secondary N) is 1. The van der Waals surface area contributed by atoms with Crippen molar-refractivity contribution in [3.05, 3.63) is 18.2 Å². The van der Waals surface area contributed by atoms with Crippen LogP contribution in [0.4, 0.5) is 23.7 Å². The molecule has 2 N–H and O–H groups in total. The van der Waals surface area contributed by atoms with Gasteiger partial charge in [0, 0.05) is 13.1 Å². The van der Waals surface area contributed by atoms with Crippen LogP contribution < -0.4 is 10.2 Å². The SMILES string of the molecule is O=C(O)N[C@@H]1CCN(c2cnc(C(F)(F)F)nc2)C1. The Labute approximate surface area is 106 Å². The summed E-state index contributed by atoms with van der Waals surface area (Å²) in [5.74, 6) is -1.18. The Balaban J connectivity index is 2.02. The summed E-state index contributed by atoms with van der Waals surface area (Å²) in [4.78, 5) is 18.7. The van der Waals surface area contributed by atoms with Crippen LogP contribution in [0, 0.1) is 0 Å². The van der Waals surface area contributed by atoms with Gasteiger partial charge in [0.2, 0.25) is 5.82 Å². The molecule has 104 valence electrons. The van der Waals surface area contributed by atoms with E-state index in [1.165, 1.54) is 0 Å². The maximum Gasteiger partial charge on any atom is 0.451 e. The van der Waals surface area contributed by atoms with Gasteiger partial charge in [-0.15, -0.1) is 0 Å². The smallest absolute Gasteiger partial charge is 0.451 e. The Morgan fingerprint density at radius 2 is 2.05 bits per heavy atom. The molecule has 19 heavy (non-hydrogen) atoms.